The minimum absolute atomic E-state index is 0.410. The van der Waals surface area contributed by atoms with Gasteiger partial charge in [-0.25, -0.2) is 4.98 Å². The number of halogens is 1. The van der Waals surface area contributed by atoms with Crippen LogP contribution in [0, 0.1) is 0 Å². The van der Waals surface area contributed by atoms with Crippen molar-refractivity contribution in [2.75, 3.05) is 101 Å². The zero-order chi connectivity index (χ0) is 36.3. The number of hydrogen-bond acceptors (Lipinski definition) is 12. The summed E-state index contributed by atoms with van der Waals surface area (Å²) in [7, 11) is 5.05. The Morgan fingerprint density at radius 2 is 1.71 bits per heavy atom. The molecule has 0 bridgehead atoms. The second-order valence-corrected chi connectivity index (χ2v) is 18.0. The Morgan fingerprint density at radius 3 is 2.33 bits per heavy atom. The van der Waals surface area contributed by atoms with Gasteiger partial charge in [-0.3, -0.25) is 4.90 Å². The highest BCUT2D eigenvalue weighted by molar-refractivity contribution is 9.10. The predicted octanol–water partition coefficient (Wildman–Crippen LogP) is 6.28. The summed E-state index contributed by atoms with van der Waals surface area (Å²) in [5.74, 6) is 2.46. The van der Waals surface area contributed by atoms with E-state index in [1.54, 1.807) is 26.6 Å². The molecule has 2 N–H and O–H groups in total. The third-order valence-electron chi connectivity index (χ3n) is 9.87. The highest BCUT2D eigenvalue weighted by atomic mass is 79.9. The number of aromatic nitrogens is 4. The van der Waals surface area contributed by atoms with Gasteiger partial charge in [0.1, 0.15) is 18.7 Å². The molecule has 0 aliphatic carbocycles. The number of anilines is 6. The summed E-state index contributed by atoms with van der Waals surface area (Å²) in [4.78, 5) is 18.9. The second kappa shape index (κ2) is 15.9. The normalized spacial score (nSPS) is 16.3. The number of hydrogen-bond donors (Lipinski definition) is 2. The second-order valence-electron chi connectivity index (χ2n) is 14.0. The van der Waals surface area contributed by atoms with E-state index in [1.165, 1.54) is 37.2 Å². The van der Waals surface area contributed by atoms with Crippen molar-refractivity contribution in [3.63, 3.8) is 0 Å². The van der Waals surface area contributed by atoms with Crippen LogP contribution in [0.1, 0.15) is 25.3 Å². The molecule has 0 amide bonds. The molecule has 0 atom stereocenters. The number of piperidine rings is 1. The summed E-state index contributed by atoms with van der Waals surface area (Å²) in [5, 5.41) is 16.2. The first-order valence-electron chi connectivity index (χ1n) is 17.6. The summed E-state index contributed by atoms with van der Waals surface area (Å²) in [6.07, 6.45) is 4.94. The van der Waals surface area contributed by atoms with Crippen LogP contribution < -0.4 is 30.5 Å². The van der Waals surface area contributed by atoms with Crippen LogP contribution in [-0.4, -0.2) is 117 Å². The molecule has 272 valence electrons. The molecule has 51 heavy (non-hydrogen) atoms. The van der Waals surface area contributed by atoms with Gasteiger partial charge in [0.25, 0.3) is 0 Å². The van der Waals surface area contributed by atoms with Gasteiger partial charge >= 0.3 is 0 Å². The summed E-state index contributed by atoms with van der Waals surface area (Å²) in [6, 6.07) is 14.6. The molecule has 0 unspecified atom stereocenters. The van der Waals surface area contributed by atoms with Crippen LogP contribution in [0.15, 0.2) is 53.1 Å². The van der Waals surface area contributed by atoms with Crippen LogP contribution in [0.25, 0.3) is 11.3 Å². The van der Waals surface area contributed by atoms with Crippen LogP contribution in [-0.2, 0) is 11.0 Å². The zero-order valence-corrected chi connectivity index (χ0v) is 33.3. The molecule has 0 saturated carbocycles. The number of ether oxygens (including phenoxy) is 1. The van der Waals surface area contributed by atoms with Crippen molar-refractivity contribution in [2.24, 2.45) is 0 Å². The monoisotopic (exact) mass is 776 g/mol. The predicted molar refractivity (Wildman–Crippen MR) is 214 cm³/mol. The Bertz CT molecular complexity index is 1870. The van der Waals surface area contributed by atoms with E-state index in [-0.39, 0.29) is 0 Å². The van der Waals surface area contributed by atoms with Crippen LogP contribution in [0.2, 0.25) is 0 Å². The summed E-state index contributed by atoms with van der Waals surface area (Å²) < 4.78 is 20.1. The van der Waals surface area contributed by atoms with Gasteiger partial charge in [-0.15, -0.1) is 10.2 Å². The van der Waals surface area contributed by atoms with Crippen LogP contribution in [0.3, 0.4) is 0 Å². The smallest absolute Gasteiger partial charge is 0.229 e. The van der Waals surface area contributed by atoms with Crippen molar-refractivity contribution in [1.29, 1.82) is 0 Å². The molecule has 6 rings (SSSR count). The van der Waals surface area contributed by atoms with E-state index >= 15 is 0 Å². The maximum Gasteiger partial charge on any atom is 0.229 e. The minimum atomic E-state index is -2.71. The molecule has 2 fully saturated rings. The standard InChI is InChI=1S/C37H50BrN10O2P/c1-8-25-21-31(33(50-5)23-32(25)48-15-13-27(14-16-48)47-19-17-46(4)18-20-47)41-37-39-24-28(38)36(42-37)40-30-10-9-26(22-34(30)51(6,7)49)29-11-12-35(44-43-29)45(2)3/h9-12,21-24,27H,8,13-20H2,1-7H3,(H2,39,40,41,42). The number of aryl methyl sites for hydroxylation is 1. The molecule has 2 saturated heterocycles. The van der Waals surface area contributed by atoms with Gasteiger partial charge in [-0.1, -0.05) is 13.0 Å². The van der Waals surface area contributed by atoms with E-state index < -0.39 is 7.14 Å². The third-order valence-corrected chi connectivity index (χ3v) is 12.0. The molecule has 0 radical (unpaired) electrons. The Morgan fingerprint density at radius 1 is 0.961 bits per heavy atom. The molecule has 4 aromatic rings. The molecule has 14 heteroatoms. The topological polar surface area (TPSA) is 115 Å². The first-order valence-corrected chi connectivity index (χ1v) is 21.0. The molecule has 2 aliphatic heterocycles. The Kier molecular flexibility index (Phi) is 11.5. The molecule has 12 nitrogen and oxygen atoms in total. The molecule has 2 aliphatic rings. The number of benzene rings is 2. The van der Waals surface area contributed by atoms with Crippen molar-refractivity contribution < 1.29 is 9.30 Å². The van der Waals surface area contributed by atoms with Crippen molar-refractivity contribution in [3.8, 4) is 17.0 Å². The Labute approximate surface area is 310 Å². The van der Waals surface area contributed by atoms with Crippen molar-refractivity contribution in [3.05, 3.63) is 58.7 Å². The van der Waals surface area contributed by atoms with E-state index in [2.05, 4.69) is 82.5 Å². The number of nitrogens with zero attached hydrogens (tertiary/aromatic N) is 8. The van der Waals surface area contributed by atoms with Crippen LogP contribution in [0.5, 0.6) is 5.75 Å². The maximum atomic E-state index is 13.6. The molecule has 2 aromatic carbocycles. The first kappa shape index (κ1) is 37.0. The molecule has 2 aromatic heterocycles. The lowest BCUT2D eigenvalue weighted by Gasteiger charge is -2.43. The van der Waals surface area contributed by atoms with Gasteiger partial charge in [0.05, 0.1) is 28.7 Å². The highest BCUT2D eigenvalue weighted by Crippen LogP contribution is 2.41. The maximum absolute atomic E-state index is 13.6. The Balaban J connectivity index is 1.21. The quantitative estimate of drug-likeness (QED) is 0.167. The zero-order valence-electron chi connectivity index (χ0n) is 30.8. The van der Waals surface area contributed by atoms with Gasteiger partial charge in [0.2, 0.25) is 5.95 Å². The number of methoxy groups -OCH3 is 1. The average molecular weight is 778 g/mol. The van der Waals surface area contributed by atoms with E-state index in [1.807, 2.05) is 49.3 Å². The lowest BCUT2D eigenvalue weighted by atomic mass is 9.99. The third kappa shape index (κ3) is 8.65. The van der Waals surface area contributed by atoms with Crippen molar-refractivity contribution in [2.45, 2.75) is 32.2 Å². The van der Waals surface area contributed by atoms with Crippen LogP contribution in [0.4, 0.5) is 34.6 Å². The summed E-state index contributed by atoms with van der Waals surface area (Å²) in [5.41, 5.74) is 5.52. The molecule has 0 spiro atoms. The fourth-order valence-electron chi connectivity index (χ4n) is 6.84. The SMILES string of the molecule is CCc1cc(Nc2ncc(Br)c(Nc3ccc(-c4ccc(N(C)C)nn4)cc3P(C)(C)=O)n2)c(OC)cc1N1CCC(N2CCN(C)CC2)CC1. The largest absolute Gasteiger partial charge is 0.494 e. The fourth-order valence-corrected chi connectivity index (χ4v) is 8.29. The average Bonchev–Trinajstić information content (AvgIpc) is 3.13. The van der Waals surface area contributed by atoms with Gasteiger partial charge in [-0.2, -0.15) is 4.98 Å². The number of rotatable bonds is 11. The first-order chi connectivity index (χ1) is 24.4. The minimum Gasteiger partial charge on any atom is -0.494 e. The Hall–Kier alpha value is -3.77. The van der Waals surface area contributed by atoms with Crippen molar-refractivity contribution >= 4 is 63.0 Å². The highest BCUT2D eigenvalue weighted by Gasteiger charge is 2.28. The van der Waals surface area contributed by atoms with Gasteiger partial charge in [0.15, 0.2) is 5.82 Å². The van der Waals surface area contributed by atoms with E-state index in [9.17, 15) is 4.57 Å². The van der Waals surface area contributed by atoms with E-state index in [0.29, 0.717) is 39.0 Å². The van der Waals surface area contributed by atoms with Gasteiger partial charge in [0, 0.05) is 88.2 Å². The number of likely N-dealkylation sites (N-methyl/N-ethyl adjacent to an activating group) is 1. The van der Waals surface area contributed by atoms with Gasteiger partial charge < -0.3 is 34.6 Å². The fraction of sp³-hybridized carbons (Fsp3) is 0.459. The van der Waals surface area contributed by atoms with Crippen molar-refractivity contribution in [1.82, 2.24) is 30.0 Å². The van der Waals surface area contributed by atoms with E-state index in [4.69, 9.17) is 9.72 Å². The molecular weight excluding hydrogens is 727 g/mol. The molecular formula is C37H50BrN10O2P. The molecule has 4 heterocycles. The van der Waals surface area contributed by atoms with Crippen LogP contribution >= 0.6 is 23.1 Å². The lowest BCUT2D eigenvalue weighted by molar-refractivity contribution is 0.0982. The summed E-state index contributed by atoms with van der Waals surface area (Å²) >= 11 is 3.61. The van der Waals surface area contributed by atoms with E-state index in [0.717, 1.165) is 55.4 Å². The van der Waals surface area contributed by atoms with Gasteiger partial charge in [-0.05, 0) is 91.5 Å². The summed E-state index contributed by atoms with van der Waals surface area (Å²) in [6.45, 7) is 12.4. The number of nitrogens with one attached hydrogen (secondary N) is 2. The lowest BCUT2D eigenvalue weighted by Crippen LogP contribution is -2.52. The number of piperazine rings is 1.